The number of nitrogens with zero attached hydrogens (tertiary/aromatic N) is 3. The number of allylic oxidation sites excluding steroid dienone is 5. The van der Waals surface area contributed by atoms with E-state index in [2.05, 4.69) is 48.1 Å². The van der Waals surface area contributed by atoms with Gasteiger partial charge in [-0.2, -0.15) is 5.26 Å². The second kappa shape index (κ2) is 7.09. The summed E-state index contributed by atoms with van der Waals surface area (Å²) < 4.78 is 0. The van der Waals surface area contributed by atoms with Crippen LogP contribution in [-0.4, -0.2) is 23.5 Å². The highest BCUT2D eigenvalue weighted by Gasteiger charge is 2.14. The Morgan fingerprint density at radius 2 is 2.09 bits per heavy atom. The average molecular weight is 293 g/mol. The van der Waals surface area contributed by atoms with Crippen molar-refractivity contribution in [2.75, 3.05) is 13.6 Å². The molecule has 0 bridgehead atoms. The van der Waals surface area contributed by atoms with Gasteiger partial charge < -0.3 is 4.90 Å². The van der Waals surface area contributed by atoms with Gasteiger partial charge in [-0.3, -0.25) is 4.98 Å². The third kappa shape index (κ3) is 3.85. The Bertz CT molecular complexity index is 670. The van der Waals surface area contributed by atoms with Crippen LogP contribution in [-0.2, 0) is 0 Å². The van der Waals surface area contributed by atoms with Crippen molar-refractivity contribution < 1.29 is 0 Å². The number of likely N-dealkylation sites (N-methyl/N-ethyl adjacent to an activating group) is 1. The average Bonchev–Trinajstić information content (AvgIpc) is 2.51. The Kier molecular flexibility index (Phi) is 5.16. The fourth-order valence-electron chi connectivity index (χ4n) is 2.62. The smallest absolute Gasteiger partial charge is 0.0944 e. The Labute approximate surface area is 133 Å². The molecule has 2 heterocycles. The largest absolute Gasteiger partial charge is 0.374 e. The van der Waals surface area contributed by atoms with E-state index >= 15 is 0 Å². The predicted octanol–water partition coefficient (Wildman–Crippen LogP) is 4.24. The molecule has 1 aromatic heterocycles. The van der Waals surface area contributed by atoms with Crippen molar-refractivity contribution in [2.24, 2.45) is 0 Å². The van der Waals surface area contributed by atoms with E-state index in [1.54, 1.807) is 0 Å². The molecular formula is C19H23N3. The molecular weight excluding hydrogens is 270 g/mol. The molecule has 0 saturated heterocycles. The zero-order valence-electron chi connectivity index (χ0n) is 13.8. The molecule has 0 saturated carbocycles. The second-order valence-electron chi connectivity index (χ2n) is 5.92. The number of hydrogen-bond acceptors (Lipinski definition) is 3. The quantitative estimate of drug-likeness (QED) is 0.782. The molecule has 1 aliphatic rings. The summed E-state index contributed by atoms with van der Waals surface area (Å²) >= 11 is 0. The van der Waals surface area contributed by atoms with Crippen LogP contribution in [0.25, 0.3) is 5.57 Å². The van der Waals surface area contributed by atoms with Gasteiger partial charge in [0.05, 0.1) is 11.8 Å². The van der Waals surface area contributed by atoms with Crippen LogP contribution in [0.4, 0.5) is 0 Å². The van der Waals surface area contributed by atoms with Crippen LogP contribution in [0, 0.1) is 18.3 Å². The van der Waals surface area contributed by atoms with E-state index in [0.29, 0.717) is 0 Å². The first-order chi connectivity index (χ1) is 10.5. The van der Waals surface area contributed by atoms with Crippen molar-refractivity contribution >= 4 is 5.57 Å². The molecule has 114 valence electrons. The Hall–Kier alpha value is -2.34. The summed E-state index contributed by atoms with van der Waals surface area (Å²) in [4.78, 5) is 6.72. The maximum atomic E-state index is 9.04. The van der Waals surface area contributed by atoms with E-state index in [0.717, 1.165) is 41.9 Å². The standard InChI is InChI=1S/C19H23N3/c1-14-7-8-18(21-13-14)16(3)11-17-6-5-9-22(4)19(17)10-15(2)12-20/h7-8,10-11,13H,5-6,9H2,1-4H3/b15-10+,16-11+. The monoisotopic (exact) mass is 293 g/mol. The zero-order chi connectivity index (χ0) is 16.1. The van der Waals surface area contributed by atoms with Crippen LogP contribution in [0.1, 0.15) is 37.9 Å². The summed E-state index contributed by atoms with van der Waals surface area (Å²) in [5, 5.41) is 9.04. The summed E-state index contributed by atoms with van der Waals surface area (Å²) in [6.07, 6.45) is 8.28. The lowest BCUT2D eigenvalue weighted by Gasteiger charge is -2.28. The van der Waals surface area contributed by atoms with E-state index in [1.807, 2.05) is 26.1 Å². The van der Waals surface area contributed by atoms with Crippen LogP contribution in [0.5, 0.6) is 0 Å². The third-order valence-electron chi connectivity index (χ3n) is 3.92. The highest BCUT2D eigenvalue weighted by molar-refractivity contribution is 5.64. The number of rotatable bonds is 3. The lowest BCUT2D eigenvalue weighted by atomic mass is 9.98. The first-order valence-electron chi connectivity index (χ1n) is 7.65. The van der Waals surface area contributed by atoms with Crippen molar-refractivity contribution in [1.29, 1.82) is 5.26 Å². The number of aryl methyl sites for hydroxylation is 1. The summed E-state index contributed by atoms with van der Waals surface area (Å²) in [6, 6.07) is 6.36. The molecule has 0 fully saturated rings. The molecule has 1 aromatic rings. The molecule has 0 N–H and O–H groups in total. The molecule has 3 nitrogen and oxygen atoms in total. The van der Waals surface area contributed by atoms with Gasteiger partial charge in [0, 0.05) is 31.1 Å². The fourth-order valence-corrected chi connectivity index (χ4v) is 2.62. The van der Waals surface area contributed by atoms with Crippen molar-refractivity contribution in [3.05, 3.63) is 58.6 Å². The third-order valence-corrected chi connectivity index (χ3v) is 3.92. The minimum atomic E-state index is 0.737. The Balaban J connectivity index is 2.42. The highest BCUT2D eigenvalue weighted by Crippen LogP contribution is 2.26. The maximum absolute atomic E-state index is 9.04. The Morgan fingerprint density at radius 1 is 1.32 bits per heavy atom. The van der Waals surface area contributed by atoms with Crippen LogP contribution in [0.15, 0.2) is 47.3 Å². The summed E-state index contributed by atoms with van der Waals surface area (Å²) in [6.45, 7) is 7.02. The first-order valence-corrected chi connectivity index (χ1v) is 7.65. The highest BCUT2D eigenvalue weighted by atomic mass is 15.1. The molecule has 0 aliphatic carbocycles. The van der Waals surface area contributed by atoms with Gasteiger partial charge >= 0.3 is 0 Å². The van der Waals surface area contributed by atoms with E-state index in [4.69, 9.17) is 5.26 Å². The number of aromatic nitrogens is 1. The maximum Gasteiger partial charge on any atom is 0.0944 e. The van der Waals surface area contributed by atoms with Crippen molar-refractivity contribution in [3.8, 4) is 6.07 Å². The molecule has 2 rings (SSSR count). The van der Waals surface area contributed by atoms with E-state index in [-0.39, 0.29) is 0 Å². The van der Waals surface area contributed by atoms with Gasteiger partial charge in [0.2, 0.25) is 0 Å². The van der Waals surface area contributed by atoms with Gasteiger partial charge in [-0.05, 0) is 62.5 Å². The normalized spacial score (nSPS) is 16.8. The lowest BCUT2D eigenvalue weighted by Crippen LogP contribution is -2.23. The number of nitriles is 1. The molecule has 0 radical (unpaired) electrons. The lowest BCUT2D eigenvalue weighted by molar-refractivity contribution is 0.394. The van der Waals surface area contributed by atoms with Crippen molar-refractivity contribution in [2.45, 2.75) is 33.6 Å². The molecule has 22 heavy (non-hydrogen) atoms. The van der Waals surface area contributed by atoms with Gasteiger partial charge in [-0.1, -0.05) is 12.1 Å². The topological polar surface area (TPSA) is 39.9 Å². The molecule has 1 aliphatic heterocycles. The summed E-state index contributed by atoms with van der Waals surface area (Å²) in [5.41, 5.74) is 6.50. The van der Waals surface area contributed by atoms with Gasteiger partial charge in [-0.25, -0.2) is 0 Å². The van der Waals surface area contributed by atoms with Crippen LogP contribution in [0.2, 0.25) is 0 Å². The van der Waals surface area contributed by atoms with Crippen LogP contribution < -0.4 is 0 Å². The minimum Gasteiger partial charge on any atom is -0.374 e. The van der Waals surface area contributed by atoms with Gasteiger partial charge in [0.25, 0.3) is 0 Å². The van der Waals surface area contributed by atoms with Crippen LogP contribution >= 0.6 is 0 Å². The van der Waals surface area contributed by atoms with E-state index < -0.39 is 0 Å². The van der Waals surface area contributed by atoms with Gasteiger partial charge in [0.1, 0.15) is 0 Å². The molecule has 0 spiro atoms. The molecule has 3 heteroatoms. The second-order valence-corrected chi connectivity index (χ2v) is 5.92. The van der Waals surface area contributed by atoms with E-state index in [9.17, 15) is 0 Å². The summed E-state index contributed by atoms with van der Waals surface area (Å²) in [7, 11) is 2.09. The molecule has 0 aromatic carbocycles. The molecule has 0 atom stereocenters. The summed E-state index contributed by atoms with van der Waals surface area (Å²) in [5.74, 6) is 0. The SMILES string of the molecule is C/C(C#N)=C\C1=C(/C=C(\C)c2ccc(C)cn2)CCCN1C. The molecule has 0 unspecified atom stereocenters. The van der Waals surface area contributed by atoms with E-state index in [1.165, 1.54) is 11.1 Å². The fraction of sp³-hybridized carbons (Fsp3) is 0.368. The van der Waals surface area contributed by atoms with Crippen molar-refractivity contribution in [3.63, 3.8) is 0 Å². The zero-order valence-corrected chi connectivity index (χ0v) is 13.8. The first kappa shape index (κ1) is 16.0. The van der Waals surface area contributed by atoms with Gasteiger partial charge in [0.15, 0.2) is 0 Å². The van der Waals surface area contributed by atoms with Crippen molar-refractivity contribution in [1.82, 2.24) is 9.88 Å². The molecule has 0 amide bonds. The van der Waals surface area contributed by atoms with Crippen LogP contribution in [0.3, 0.4) is 0 Å². The minimum absolute atomic E-state index is 0.737. The predicted molar refractivity (Wildman–Crippen MR) is 90.9 cm³/mol. The Morgan fingerprint density at radius 3 is 2.73 bits per heavy atom. The number of hydrogen-bond donors (Lipinski definition) is 0. The number of pyridine rings is 1. The van der Waals surface area contributed by atoms with Gasteiger partial charge in [-0.15, -0.1) is 0 Å².